The Morgan fingerprint density at radius 2 is 1.78 bits per heavy atom. The molecule has 1 aliphatic rings. The molecular formula is C27H29F3N6O. The summed E-state index contributed by atoms with van der Waals surface area (Å²) in [5, 5.41) is 2.58. The van der Waals surface area contributed by atoms with Crippen LogP contribution in [0.3, 0.4) is 0 Å². The monoisotopic (exact) mass is 510 g/mol. The van der Waals surface area contributed by atoms with E-state index in [2.05, 4.69) is 38.9 Å². The van der Waals surface area contributed by atoms with Crippen molar-refractivity contribution >= 4 is 11.7 Å². The number of nitrogens with zero attached hydrogens (tertiary/aromatic N) is 5. The highest BCUT2D eigenvalue weighted by molar-refractivity contribution is 6.04. The molecule has 4 rings (SSSR count). The van der Waals surface area contributed by atoms with Crippen molar-refractivity contribution in [3.63, 3.8) is 0 Å². The van der Waals surface area contributed by atoms with Gasteiger partial charge in [-0.05, 0) is 49.2 Å². The molecule has 0 unspecified atom stereocenters. The van der Waals surface area contributed by atoms with Crippen molar-refractivity contribution in [3.8, 4) is 11.8 Å². The zero-order valence-corrected chi connectivity index (χ0v) is 21.1. The summed E-state index contributed by atoms with van der Waals surface area (Å²) in [6, 6.07) is 7.00. The van der Waals surface area contributed by atoms with Crippen molar-refractivity contribution in [2.24, 2.45) is 7.05 Å². The van der Waals surface area contributed by atoms with Crippen molar-refractivity contribution in [2.45, 2.75) is 26.6 Å². The molecule has 0 spiro atoms. The molecule has 194 valence electrons. The highest BCUT2D eigenvalue weighted by Crippen LogP contribution is 2.33. The Balaban J connectivity index is 1.49. The van der Waals surface area contributed by atoms with Gasteiger partial charge in [0.25, 0.3) is 5.91 Å². The number of aryl methyl sites for hydroxylation is 1. The highest BCUT2D eigenvalue weighted by Gasteiger charge is 2.34. The van der Waals surface area contributed by atoms with Gasteiger partial charge in [-0.3, -0.25) is 9.69 Å². The number of hydrogen-bond donors (Lipinski definition) is 1. The molecule has 3 aromatic rings. The topological polar surface area (TPSA) is 66.3 Å². The molecule has 1 N–H and O–H groups in total. The number of carbonyl (C=O) groups is 1. The van der Waals surface area contributed by atoms with Gasteiger partial charge in [0.15, 0.2) is 0 Å². The van der Waals surface area contributed by atoms with Crippen LogP contribution < -0.4 is 5.32 Å². The lowest BCUT2D eigenvalue weighted by atomic mass is 10.0. The van der Waals surface area contributed by atoms with Crippen LogP contribution in [-0.2, 0) is 19.8 Å². The van der Waals surface area contributed by atoms with Gasteiger partial charge in [0.2, 0.25) is 0 Å². The Hall–Kier alpha value is -3.68. The van der Waals surface area contributed by atoms with Gasteiger partial charge in [-0.25, -0.2) is 9.97 Å². The van der Waals surface area contributed by atoms with E-state index in [4.69, 9.17) is 0 Å². The van der Waals surface area contributed by atoms with Crippen molar-refractivity contribution in [1.82, 2.24) is 24.3 Å². The smallest absolute Gasteiger partial charge is 0.325 e. The molecule has 1 saturated heterocycles. The Kier molecular flexibility index (Phi) is 7.95. The average Bonchev–Trinajstić information content (AvgIpc) is 3.20. The van der Waals surface area contributed by atoms with Crippen LogP contribution >= 0.6 is 0 Å². The van der Waals surface area contributed by atoms with Gasteiger partial charge in [-0.2, -0.15) is 13.2 Å². The van der Waals surface area contributed by atoms with Crippen LogP contribution in [0.15, 0.2) is 42.7 Å². The predicted molar refractivity (Wildman–Crippen MR) is 135 cm³/mol. The number of benzene rings is 1. The molecule has 0 atom stereocenters. The number of likely N-dealkylation sites (N-methyl/N-ethyl adjacent to an activating group) is 1. The Bertz CT molecular complexity index is 1330. The maximum Gasteiger partial charge on any atom is 0.416 e. The maximum absolute atomic E-state index is 13.9. The number of imidazole rings is 1. The summed E-state index contributed by atoms with van der Waals surface area (Å²) in [5.41, 5.74) is 0.605. The third-order valence-electron chi connectivity index (χ3n) is 6.54. The second-order valence-corrected chi connectivity index (χ2v) is 8.96. The van der Waals surface area contributed by atoms with Gasteiger partial charge in [0.1, 0.15) is 17.3 Å². The van der Waals surface area contributed by atoms with E-state index in [9.17, 15) is 18.0 Å². The number of carbonyl (C=O) groups excluding carboxylic acids is 1. The van der Waals surface area contributed by atoms with Crippen molar-refractivity contribution < 1.29 is 18.0 Å². The zero-order valence-electron chi connectivity index (χ0n) is 21.1. The van der Waals surface area contributed by atoms with Crippen LogP contribution in [0, 0.1) is 18.8 Å². The van der Waals surface area contributed by atoms with Crippen LogP contribution in [0.4, 0.5) is 19.0 Å². The number of anilines is 1. The van der Waals surface area contributed by atoms with Crippen LogP contribution in [0.5, 0.6) is 0 Å². The minimum absolute atomic E-state index is 0.0875. The highest BCUT2D eigenvalue weighted by atomic mass is 19.4. The Morgan fingerprint density at radius 1 is 1.05 bits per heavy atom. The Labute approximate surface area is 214 Å². The summed E-state index contributed by atoms with van der Waals surface area (Å²) in [6.45, 7) is 8.13. The fourth-order valence-corrected chi connectivity index (χ4v) is 4.14. The summed E-state index contributed by atoms with van der Waals surface area (Å²) >= 11 is 0. The van der Waals surface area contributed by atoms with Gasteiger partial charge >= 0.3 is 6.18 Å². The van der Waals surface area contributed by atoms with Gasteiger partial charge < -0.3 is 14.8 Å². The third kappa shape index (κ3) is 6.56. The number of piperazine rings is 1. The molecule has 0 radical (unpaired) electrons. The predicted octanol–water partition coefficient (Wildman–Crippen LogP) is 3.93. The normalized spacial score (nSPS) is 14.8. The van der Waals surface area contributed by atoms with E-state index in [1.165, 1.54) is 18.3 Å². The van der Waals surface area contributed by atoms with Crippen LogP contribution in [0.25, 0.3) is 0 Å². The lowest BCUT2D eigenvalue weighted by Crippen LogP contribution is -2.45. The van der Waals surface area contributed by atoms with Gasteiger partial charge in [-0.15, -0.1) is 0 Å². The molecule has 37 heavy (non-hydrogen) atoms. The number of halogens is 3. The van der Waals surface area contributed by atoms with E-state index in [-0.39, 0.29) is 23.5 Å². The fourth-order valence-electron chi connectivity index (χ4n) is 4.14. The molecule has 0 bridgehead atoms. The summed E-state index contributed by atoms with van der Waals surface area (Å²) in [5.74, 6) is 6.36. The molecule has 0 aliphatic carbocycles. The van der Waals surface area contributed by atoms with Crippen LogP contribution in [0.2, 0.25) is 0 Å². The van der Waals surface area contributed by atoms with E-state index in [0.717, 1.165) is 37.2 Å². The molecule has 1 aliphatic heterocycles. The second kappa shape index (κ2) is 11.2. The number of amides is 1. The minimum atomic E-state index is -4.57. The SMILES string of the molecule is CCN1CCN(Cc2ccc(C(=O)Nc3cc(C#Cc4cnc(C)n4C)ccn3)cc2C(F)(F)F)CC1. The van der Waals surface area contributed by atoms with E-state index >= 15 is 0 Å². The number of rotatable bonds is 5. The maximum atomic E-state index is 13.9. The summed E-state index contributed by atoms with van der Waals surface area (Å²) < 4.78 is 43.6. The molecule has 0 saturated carbocycles. The average molecular weight is 511 g/mol. The zero-order chi connectivity index (χ0) is 26.6. The van der Waals surface area contributed by atoms with E-state index in [1.54, 1.807) is 18.3 Å². The van der Waals surface area contributed by atoms with Crippen LogP contribution in [-0.4, -0.2) is 63.0 Å². The van der Waals surface area contributed by atoms with Gasteiger partial charge in [-0.1, -0.05) is 18.9 Å². The first kappa shape index (κ1) is 26.4. The van der Waals surface area contributed by atoms with Crippen molar-refractivity contribution in [2.75, 3.05) is 38.0 Å². The first-order valence-corrected chi connectivity index (χ1v) is 12.1. The summed E-state index contributed by atoms with van der Waals surface area (Å²) in [7, 11) is 1.86. The first-order chi connectivity index (χ1) is 17.6. The van der Waals surface area contributed by atoms with E-state index in [1.807, 2.05) is 23.4 Å². The lowest BCUT2D eigenvalue weighted by molar-refractivity contribution is -0.138. The molecule has 1 fully saturated rings. The lowest BCUT2D eigenvalue weighted by Gasteiger charge is -2.34. The molecule has 3 heterocycles. The standard InChI is InChI=1S/C27H29F3N6O/c1-4-35-11-13-36(14-12-35)18-22-7-6-21(16-24(22)27(28,29)30)26(37)33-25-15-20(9-10-31-25)5-8-23-17-32-19(2)34(23)3/h6-7,9-10,15-17H,4,11-14,18H2,1-3H3,(H,31,33,37). The van der Waals surface area contributed by atoms with E-state index < -0.39 is 17.6 Å². The molecular weight excluding hydrogens is 481 g/mol. The number of pyridine rings is 1. The molecule has 1 amide bonds. The quantitative estimate of drug-likeness (QED) is 0.527. The fraction of sp³-hybridized carbons (Fsp3) is 0.370. The van der Waals surface area contributed by atoms with E-state index in [0.29, 0.717) is 18.7 Å². The largest absolute Gasteiger partial charge is 0.416 e. The minimum Gasteiger partial charge on any atom is -0.325 e. The molecule has 2 aromatic heterocycles. The van der Waals surface area contributed by atoms with Crippen molar-refractivity contribution in [3.05, 3.63) is 76.5 Å². The Morgan fingerprint density at radius 3 is 2.43 bits per heavy atom. The summed E-state index contributed by atoms with van der Waals surface area (Å²) in [4.78, 5) is 25.4. The summed E-state index contributed by atoms with van der Waals surface area (Å²) in [6.07, 6.45) is -1.43. The van der Waals surface area contributed by atoms with Gasteiger partial charge in [0.05, 0.1) is 11.8 Å². The third-order valence-corrected chi connectivity index (χ3v) is 6.54. The molecule has 7 nitrogen and oxygen atoms in total. The number of nitrogens with one attached hydrogen (secondary N) is 1. The number of hydrogen-bond acceptors (Lipinski definition) is 5. The number of aromatic nitrogens is 3. The van der Waals surface area contributed by atoms with Gasteiger partial charge in [0, 0.05) is 57.1 Å². The van der Waals surface area contributed by atoms with Crippen molar-refractivity contribution in [1.29, 1.82) is 0 Å². The second-order valence-electron chi connectivity index (χ2n) is 8.96. The molecule has 10 heteroatoms. The number of alkyl halides is 3. The first-order valence-electron chi connectivity index (χ1n) is 12.1. The molecule has 1 aromatic carbocycles. The van der Waals surface area contributed by atoms with Crippen LogP contribution in [0.1, 0.15) is 45.5 Å².